The summed E-state index contributed by atoms with van der Waals surface area (Å²) in [7, 11) is 1.31. The molecule has 0 aromatic heterocycles. The number of hydrogen-bond acceptors (Lipinski definition) is 5. The lowest BCUT2D eigenvalue weighted by molar-refractivity contribution is -0.0513. The highest BCUT2D eigenvalue weighted by molar-refractivity contribution is 6.02. The summed E-state index contributed by atoms with van der Waals surface area (Å²) in [6.07, 6.45) is 0.964. The second kappa shape index (κ2) is 9.68. The summed E-state index contributed by atoms with van der Waals surface area (Å²) in [5.74, 6) is -0.430. The van der Waals surface area contributed by atoms with Crippen molar-refractivity contribution >= 4 is 11.7 Å². The van der Waals surface area contributed by atoms with E-state index in [0.29, 0.717) is 29.5 Å². The van der Waals surface area contributed by atoms with Crippen LogP contribution in [0.2, 0.25) is 0 Å². The zero-order valence-electron chi connectivity index (χ0n) is 17.8. The molecule has 1 amide bonds. The summed E-state index contributed by atoms with van der Waals surface area (Å²) in [5, 5.41) is 2.64. The molecule has 0 heterocycles. The maximum absolute atomic E-state index is 12.9. The first-order chi connectivity index (χ1) is 16.0. The fourth-order valence-electron chi connectivity index (χ4n) is 3.89. The smallest absolute Gasteiger partial charge is 0.387 e. The number of amides is 1. The van der Waals surface area contributed by atoms with Crippen LogP contribution >= 0.6 is 0 Å². The normalized spacial score (nSPS) is 12.4. The summed E-state index contributed by atoms with van der Waals surface area (Å²) in [6, 6.07) is 16.9. The molecule has 0 radical (unpaired) electrons. The summed E-state index contributed by atoms with van der Waals surface area (Å²) in [5.41, 5.74) is 3.19. The van der Waals surface area contributed by atoms with Crippen LogP contribution in [-0.4, -0.2) is 32.1 Å². The molecule has 1 aliphatic carbocycles. The zero-order valence-corrected chi connectivity index (χ0v) is 17.8. The van der Waals surface area contributed by atoms with Crippen molar-refractivity contribution in [1.82, 2.24) is 5.32 Å². The Kier molecular flexibility index (Phi) is 6.53. The number of benzene rings is 3. The first-order valence-electron chi connectivity index (χ1n) is 10.3. The molecule has 0 fully saturated rings. The number of rotatable bonds is 8. The van der Waals surface area contributed by atoms with Gasteiger partial charge in [-0.05, 0) is 41.8 Å². The molecule has 0 spiro atoms. The lowest BCUT2D eigenvalue weighted by Crippen LogP contribution is -2.27. The molecule has 6 nitrogen and oxygen atoms in total. The van der Waals surface area contributed by atoms with Gasteiger partial charge in [0.1, 0.15) is 0 Å². The van der Waals surface area contributed by atoms with Crippen molar-refractivity contribution in [1.29, 1.82) is 0 Å². The second-order valence-electron chi connectivity index (χ2n) is 7.27. The monoisotopic (exact) mass is 453 g/mol. The molecular weight excluding hydrogens is 432 g/mol. The van der Waals surface area contributed by atoms with Crippen molar-refractivity contribution in [3.8, 4) is 28.4 Å². The SMILES string of the molecule is COc1c(OC(F)F)ccc(-c2cccc3c2CCC3=O)c1OCNC(=O)c1ccccc1. The minimum Gasteiger partial charge on any atom is -0.490 e. The third-order valence-electron chi connectivity index (χ3n) is 5.35. The van der Waals surface area contributed by atoms with E-state index in [1.54, 1.807) is 48.5 Å². The van der Waals surface area contributed by atoms with E-state index in [1.165, 1.54) is 13.2 Å². The largest absolute Gasteiger partial charge is 0.490 e. The van der Waals surface area contributed by atoms with Gasteiger partial charge in [-0.2, -0.15) is 8.78 Å². The van der Waals surface area contributed by atoms with Gasteiger partial charge in [0.25, 0.3) is 5.91 Å². The highest BCUT2D eigenvalue weighted by Gasteiger charge is 2.26. The number of ether oxygens (including phenoxy) is 3. The molecule has 0 aliphatic heterocycles. The minimum atomic E-state index is -3.06. The van der Waals surface area contributed by atoms with Crippen molar-refractivity contribution in [2.24, 2.45) is 0 Å². The van der Waals surface area contributed by atoms with Gasteiger partial charge in [0, 0.05) is 23.1 Å². The van der Waals surface area contributed by atoms with Gasteiger partial charge in [-0.25, -0.2) is 0 Å². The van der Waals surface area contributed by atoms with E-state index in [1.807, 2.05) is 6.07 Å². The van der Waals surface area contributed by atoms with E-state index in [9.17, 15) is 18.4 Å². The molecule has 4 rings (SSSR count). The van der Waals surface area contributed by atoms with Crippen molar-refractivity contribution in [2.45, 2.75) is 19.5 Å². The van der Waals surface area contributed by atoms with Crippen molar-refractivity contribution < 1.29 is 32.6 Å². The van der Waals surface area contributed by atoms with Gasteiger partial charge in [-0.1, -0.05) is 36.4 Å². The number of ketones is 1. The number of nitrogens with one attached hydrogen (secondary N) is 1. The topological polar surface area (TPSA) is 73.9 Å². The van der Waals surface area contributed by atoms with Gasteiger partial charge in [0.15, 0.2) is 24.0 Å². The highest BCUT2D eigenvalue weighted by Crippen LogP contribution is 2.47. The first kappa shape index (κ1) is 22.3. The Hall–Kier alpha value is -3.94. The van der Waals surface area contributed by atoms with E-state index >= 15 is 0 Å². The Morgan fingerprint density at radius 2 is 1.70 bits per heavy atom. The molecule has 3 aromatic carbocycles. The Bertz CT molecular complexity index is 1180. The van der Waals surface area contributed by atoms with Crippen molar-refractivity contribution in [3.05, 3.63) is 77.4 Å². The van der Waals surface area contributed by atoms with Gasteiger partial charge >= 0.3 is 6.61 Å². The van der Waals surface area contributed by atoms with Crippen LogP contribution in [0.25, 0.3) is 11.1 Å². The molecule has 0 unspecified atom stereocenters. The molecule has 8 heteroatoms. The molecule has 0 atom stereocenters. The molecular formula is C25H21F2NO5. The Balaban J connectivity index is 1.70. The second-order valence-corrected chi connectivity index (χ2v) is 7.27. The molecule has 33 heavy (non-hydrogen) atoms. The molecule has 1 aliphatic rings. The van der Waals surface area contributed by atoms with Crippen LogP contribution in [0.15, 0.2) is 60.7 Å². The fraction of sp³-hybridized carbons (Fsp3) is 0.200. The summed E-state index contributed by atoms with van der Waals surface area (Å²) in [4.78, 5) is 24.6. The number of halogens is 2. The van der Waals surface area contributed by atoms with Gasteiger partial charge in [-0.15, -0.1) is 0 Å². The van der Waals surface area contributed by atoms with Gasteiger partial charge < -0.3 is 19.5 Å². The Morgan fingerprint density at radius 1 is 0.939 bits per heavy atom. The van der Waals surface area contributed by atoms with Gasteiger partial charge in [0.2, 0.25) is 5.75 Å². The molecule has 1 N–H and O–H groups in total. The number of fused-ring (bicyclic) bond motifs is 1. The third-order valence-corrected chi connectivity index (χ3v) is 5.35. The van der Waals surface area contributed by atoms with E-state index < -0.39 is 6.61 Å². The highest BCUT2D eigenvalue weighted by atomic mass is 19.3. The van der Waals surface area contributed by atoms with Crippen LogP contribution in [0.4, 0.5) is 8.78 Å². The first-order valence-corrected chi connectivity index (χ1v) is 10.3. The molecule has 0 bridgehead atoms. The fourth-order valence-corrected chi connectivity index (χ4v) is 3.89. The van der Waals surface area contributed by atoms with Crippen LogP contribution in [0, 0.1) is 0 Å². The van der Waals surface area contributed by atoms with Crippen LogP contribution in [0.3, 0.4) is 0 Å². The lowest BCUT2D eigenvalue weighted by atomic mass is 9.95. The number of alkyl halides is 2. The van der Waals surface area contributed by atoms with Crippen molar-refractivity contribution in [2.75, 3.05) is 13.8 Å². The van der Waals surface area contributed by atoms with E-state index in [4.69, 9.17) is 9.47 Å². The van der Waals surface area contributed by atoms with Crippen LogP contribution in [0.1, 0.15) is 32.7 Å². The summed E-state index contributed by atoms with van der Waals surface area (Å²) < 4.78 is 41.7. The Morgan fingerprint density at radius 3 is 2.42 bits per heavy atom. The quantitative estimate of drug-likeness (QED) is 0.493. The van der Waals surface area contributed by atoms with Gasteiger partial charge in [0.05, 0.1) is 7.11 Å². The van der Waals surface area contributed by atoms with Crippen molar-refractivity contribution in [3.63, 3.8) is 0 Å². The number of carbonyl (C=O) groups is 2. The van der Waals surface area contributed by atoms with Crippen LogP contribution in [0.5, 0.6) is 17.2 Å². The maximum Gasteiger partial charge on any atom is 0.387 e. The van der Waals surface area contributed by atoms with E-state index in [2.05, 4.69) is 10.1 Å². The number of carbonyl (C=O) groups excluding carboxylic acids is 2. The summed E-state index contributed by atoms with van der Waals surface area (Å²) in [6.45, 7) is -3.31. The predicted octanol–water partition coefficient (Wildman–Crippen LogP) is 4.86. The molecule has 0 saturated heterocycles. The standard InChI is InChI=1S/C25H21F2NO5/c1-31-23-21(33-25(26)27)13-11-19(16-8-5-9-18-17(16)10-12-20(18)29)22(23)32-14-28-24(30)15-6-3-2-4-7-15/h2-9,11,13,25H,10,12,14H2,1H3,(H,28,30). The predicted molar refractivity (Wildman–Crippen MR) is 117 cm³/mol. The maximum atomic E-state index is 12.9. The molecule has 3 aromatic rings. The number of hydrogen-bond donors (Lipinski definition) is 1. The number of methoxy groups -OCH3 is 1. The average molecular weight is 453 g/mol. The minimum absolute atomic E-state index is 0.0383. The lowest BCUT2D eigenvalue weighted by Gasteiger charge is -2.20. The van der Waals surface area contributed by atoms with Gasteiger partial charge in [-0.3, -0.25) is 9.59 Å². The average Bonchev–Trinajstić information content (AvgIpc) is 3.20. The third kappa shape index (κ3) is 4.64. The summed E-state index contributed by atoms with van der Waals surface area (Å²) >= 11 is 0. The van der Waals surface area contributed by atoms with Crippen LogP contribution in [-0.2, 0) is 6.42 Å². The zero-order chi connectivity index (χ0) is 23.4. The van der Waals surface area contributed by atoms with E-state index in [0.717, 1.165) is 11.1 Å². The Labute approximate surface area is 189 Å². The molecule has 0 saturated carbocycles. The van der Waals surface area contributed by atoms with Crippen LogP contribution < -0.4 is 19.5 Å². The number of Topliss-reactive ketones (excluding diaryl/α,β-unsaturated/α-hetero) is 1. The molecule has 170 valence electrons. The van der Waals surface area contributed by atoms with E-state index in [-0.39, 0.29) is 35.7 Å².